The summed E-state index contributed by atoms with van der Waals surface area (Å²) in [6.45, 7) is 5.69. The lowest BCUT2D eigenvalue weighted by Crippen LogP contribution is -2.21. The molecule has 0 aliphatic carbocycles. The summed E-state index contributed by atoms with van der Waals surface area (Å²) in [6, 6.07) is 4.96. The van der Waals surface area contributed by atoms with E-state index in [2.05, 4.69) is 36.7 Å². The highest BCUT2D eigenvalue weighted by Crippen LogP contribution is 2.21. The number of hydrogen-bond donors (Lipinski definition) is 1. The number of rotatable bonds is 9. The molecule has 0 saturated carbocycles. The molecular formula is C14H25NS. The van der Waals surface area contributed by atoms with E-state index in [4.69, 9.17) is 0 Å². The molecule has 1 N–H and O–H groups in total. The monoisotopic (exact) mass is 239 g/mol. The maximum absolute atomic E-state index is 3.66. The van der Waals surface area contributed by atoms with Crippen LogP contribution in [0, 0.1) is 0 Å². The minimum Gasteiger partial charge on any atom is -0.309 e. The van der Waals surface area contributed by atoms with E-state index >= 15 is 0 Å². The van der Waals surface area contributed by atoms with Gasteiger partial charge in [-0.1, -0.05) is 45.6 Å². The van der Waals surface area contributed by atoms with Gasteiger partial charge in [0.05, 0.1) is 0 Å². The molecule has 92 valence electrons. The van der Waals surface area contributed by atoms with Crippen molar-refractivity contribution >= 4 is 11.3 Å². The summed E-state index contributed by atoms with van der Waals surface area (Å²) in [4.78, 5) is 1.48. The third-order valence-corrected chi connectivity index (χ3v) is 3.95. The Labute approximate surface area is 104 Å². The zero-order chi connectivity index (χ0) is 11.6. The lowest BCUT2D eigenvalue weighted by molar-refractivity contribution is 0.500. The van der Waals surface area contributed by atoms with E-state index in [-0.39, 0.29) is 0 Å². The van der Waals surface area contributed by atoms with Crippen molar-refractivity contribution in [3.05, 3.63) is 22.4 Å². The number of thiophene rings is 1. The van der Waals surface area contributed by atoms with E-state index in [0.29, 0.717) is 6.04 Å². The van der Waals surface area contributed by atoms with E-state index in [0.717, 1.165) is 0 Å². The highest BCUT2D eigenvalue weighted by molar-refractivity contribution is 7.10. The molecule has 2 heteroatoms. The van der Waals surface area contributed by atoms with Crippen LogP contribution in [0.25, 0.3) is 0 Å². The van der Waals surface area contributed by atoms with Gasteiger partial charge < -0.3 is 5.32 Å². The van der Waals surface area contributed by atoms with Gasteiger partial charge in [-0.25, -0.2) is 0 Å². The first-order chi connectivity index (χ1) is 7.88. The predicted molar refractivity (Wildman–Crippen MR) is 74.1 cm³/mol. The fourth-order valence-electron chi connectivity index (χ4n) is 1.94. The average Bonchev–Trinajstić information content (AvgIpc) is 2.82. The molecule has 0 spiro atoms. The van der Waals surface area contributed by atoms with Gasteiger partial charge in [0.15, 0.2) is 0 Å². The smallest absolute Gasteiger partial charge is 0.0412 e. The average molecular weight is 239 g/mol. The standard InChI is InChI=1S/C14H25NS/c1-3-5-6-7-8-11-15-13(4-2)14-10-9-12-16-14/h9-10,12-13,15H,3-8,11H2,1-2H3. The third kappa shape index (κ3) is 5.13. The van der Waals surface area contributed by atoms with E-state index in [1.807, 2.05) is 11.3 Å². The lowest BCUT2D eigenvalue weighted by Gasteiger charge is -2.15. The maximum Gasteiger partial charge on any atom is 0.0412 e. The Bertz CT molecular complexity index is 243. The van der Waals surface area contributed by atoms with Gasteiger partial charge >= 0.3 is 0 Å². The van der Waals surface area contributed by atoms with Gasteiger partial charge in [-0.05, 0) is 30.8 Å². The molecular weight excluding hydrogens is 214 g/mol. The topological polar surface area (TPSA) is 12.0 Å². The molecule has 0 aliphatic heterocycles. The molecule has 1 atom stereocenters. The van der Waals surface area contributed by atoms with Gasteiger partial charge in [-0.2, -0.15) is 0 Å². The van der Waals surface area contributed by atoms with E-state index in [9.17, 15) is 0 Å². The van der Waals surface area contributed by atoms with Crippen molar-refractivity contribution in [3.8, 4) is 0 Å². The van der Waals surface area contributed by atoms with Crippen LogP contribution in [0.5, 0.6) is 0 Å². The first kappa shape index (κ1) is 13.7. The molecule has 0 aromatic carbocycles. The van der Waals surface area contributed by atoms with Gasteiger partial charge in [0.2, 0.25) is 0 Å². The van der Waals surface area contributed by atoms with Crippen LogP contribution in [0.3, 0.4) is 0 Å². The molecule has 0 saturated heterocycles. The summed E-state index contributed by atoms with van der Waals surface area (Å²) in [7, 11) is 0. The van der Waals surface area contributed by atoms with Crippen molar-refractivity contribution < 1.29 is 0 Å². The summed E-state index contributed by atoms with van der Waals surface area (Å²) < 4.78 is 0. The summed E-state index contributed by atoms with van der Waals surface area (Å²) >= 11 is 1.87. The zero-order valence-corrected chi connectivity index (χ0v) is 11.5. The van der Waals surface area contributed by atoms with Crippen LogP contribution in [0.1, 0.15) is 63.3 Å². The highest BCUT2D eigenvalue weighted by Gasteiger charge is 2.08. The van der Waals surface area contributed by atoms with Gasteiger partial charge in [0.1, 0.15) is 0 Å². The van der Waals surface area contributed by atoms with Crippen LogP contribution in [-0.4, -0.2) is 6.54 Å². The summed E-state index contributed by atoms with van der Waals surface area (Å²) in [5.74, 6) is 0. The molecule has 16 heavy (non-hydrogen) atoms. The quantitative estimate of drug-likeness (QED) is 0.613. The summed E-state index contributed by atoms with van der Waals surface area (Å²) in [6.07, 6.45) is 8.01. The highest BCUT2D eigenvalue weighted by atomic mass is 32.1. The Hall–Kier alpha value is -0.340. The van der Waals surface area contributed by atoms with Crippen LogP contribution in [0.2, 0.25) is 0 Å². The fourth-order valence-corrected chi connectivity index (χ4v) is 2.83. The van der Waals surface area contributed by atoms with Crippen molar-refractivity contribution in [1.29, 1.82) is 0 Å². The van der Waals surface area contributed by atoms with Gasteiger partial charge in [0, 0.05) is 10.9 Å². The first-order valence-electron chi connectivity index (χ1n) is 6.65. The lowest BCUT2D eigenvalue weighted by atomic mass is 10.1. The van der Waals surface area contributed by atoms with Crippen molar-refractivity contribution in [2.45, 2.75) is 58.4 Å². The molecule has 0 aliphatic rings. The molecule has 1 aromatic heterocycles. The van der Waals surface area contributed by atoms with Crippen LogP contribution in [0.4, 0.5) is 0 Å². The molecule has 0 bridgehead atoms. The molecule has 1 unspecified atom stereocenters. The predicted octanol–water partition coefficient (Wildman–Crippen LogP) is 4.76. The van der Waals surface area contributed by atoms with Crippen molar-refractivity contribution in [1.82, 2.24) is 5.32 Å². The van der Waals surface area contributed by atoms with E-state index in [1.54, 1.807) is 0 Å². The molecule has 1 nitrogen and oxygen atoms in total. The minimum absolute atomic E-state index is 0.575. The number of unbranched alkanes of at least 4 members (excludes halogenated alkanes) is 4. The third-order valence-electron chi connectivity index (χ3n) is 2.97. The number of hydrogen-bond acceptors (Lipinski definition) is 2. The summed E-state index contributed by atoms with van der Waals surface area (Å²) in [5, 5.41) is 5.83. The van der Waals surface area contributed by atoms with Gasteiger partial charge in [-0.3, -0.25) is 0 Å². The minimum atomic E-state index is 0.575. The Kier molecular flexibility index (Phi) is 7.52. The summed E-state index contributed by atoms with van der Waals surface area (Å²) in [5.41, 5.74) is 0. The Balaban J connectivity index is 2.11. The molecule has 0 amide bonds. The van der Waals surface area contributed by atoms with Gasteiger partial charge in [-0.15, -0.1) is 11.3 Å². The first-order valence-corrected chi connectivity index (χ1v) is 7.53. The van der Waals surface area contributed by atoms with Crippen LogP contribution < -0.4 is 5.32 Å². The van der Waals surface area contributed by atoms with Crippen molar-refractivity contribution in [3.63, 3.8) is 0 Å². The van der Waals surface area contributed by atoms with Crippen molar-refractivity contribution in [2.75, 3.05) is 6.54 Å². The number of nitrogens with one attached hydrogen (secondary N) is 1. The fraction of sp³-hybridized carbons (Fsp3) is 0.714. The Morgan fingerprint density at radius 2 is 2.00 bits per heavy atom. The molecule has 0 fully saturated rings. The SMILES string of the molecule is CCCCCCCNC(CC)c1cccs1. The molecule has 0 radical (unpaired) electrons. The Morgan fingerprint density at radius 1 is 1.19 bits per heavy atom. The van der Waals surface area contributed by atoms with E-state index in [1.165, 1.54) is 49.9 Å². The molecule has 1 rings (SSSR count). The normalized spacial score (nSPS) is 12.9. The second-order valence-corrected chi connectivity index (χ2v) is 5.32. The molecule has 1 aromatic rings. The van der Waals surface area contributed by atoms with Crippen LogP contribution in [-0.2, 0) is 0 Å². The second kappa shape index (κ2) is 8.77. The van der Waals surface area contributed by atoms with Crippen LogP contribution in [0.15, 0.2) is 17.5 Å². The second-order valence-electron chi connectivity index (χ2n) is 4.34. The van der Waals surface area contributed by atoms with Crippen molar-refractivity contribution in [2.24, 2.45) is 0 Å². The van der Waals surface area contributed by atoms with Gasteiger partial charge in [0.25, 0.3) is 0 Å². The molecule has 1 heterocycles. The van der Waals surface area contributed by atoms with Crippen LogP contribution >= 0.6 is 11.3 Å². The van der Waals surface area contributed by atoms with E-state index < -0.39 is 0 Å². The largest absolute Gasteiger partial charge is 0.309 e. The maximum atomic E-state index is 3.66. The zero-order valence-electron chi connectivity index (χ0n) is 10.7. The Morgan fingerprint density at radius 3 is 2.62 bits per heavy atom.